The Kier molecular flexibility index (Phi) is 8.99. The summed E-state index contributed by atoms with van der Waals surface area (Å²) < 4.78 is 39.6. The first-order valence-electron chi connectivity index (χ1n) is 10.8. The van der Waals surface area contributed by atoms with Crippen LogP contribution in [0.1, 0.15) is 38.3 Å². The van der Waals surface area contributed by atoms with E-state index < -0.39 is 34.3 Å². The second kappa shape index (κ2) is 11.3. The van der Waals surface area contributed by atoms with Crippen molar-refractivity contribution in [3.63, 3.8) is 0 Å². The molecule has 2 rings (SSSR count). The van der Waals surface area contributed by atoms with Crippen molar-refractivity contribution in [1.82, 2.24) is 10.2 Å². The number of carbonyl (C=O) groups excluding carboxylic acids is 2. The fourth-order valence-corrected chi connectivity index (χ4v) is 4.28. The number of benzene rings is 2. The normalized spacial score (nSPS) is 12.3. The largest absolute Gasteiger partial charge is 0.352 e. The topological polar surface area (TPSA) is 86.8 Å². The molecule has 0 aliphatic carbocycles. The predicted octanol–water partition coefficient (Wildman–Crippen LogP) is 3.23. The van der Waals surface area contributed by atoms with Gasteiger partial charge in [0.05, 0.1) is 11.9 Å². The van der Waals surface area contributed by atoms with Crippen molar-refractivity contribution in [2.45, 2.75) is 52.7 Å². The number of halogens is 1. The molecule has 2 aromatic rings. The number of nitrogens with one attached hydrogen (secondary N) is 1. The first kappa shape index (κ1) is 26.3. The third kappa shape index (κ3) is 7.56. The maximum absolute atomic E-state index is 13.8. The van der Waals surface area contributed by atoms with Crippen molar-refractivity contribution in [3.05, 3.63) is 65.5 Å². The highest BCUT2D eigenvalue weighted by Crippen LogP contribution is 2.20. The molecule has 0 aliphatic heterocycles. The Bertz CT molecular complexity index is 1070. The molecular weight excluding hydrogens is 445 g/mol. The lowest BCUT2D eigenvalue weighted by atomic mass is 10.1. The van der Waals surface area contributed by atoms with Crippen molar-refractivity contribution < 1.29 is 22.4 Å². The molecule has 1 N–H and O–H groups in total. The van der Waals surface area contributed by atoms with Crippen LogP contribution in [-0.2, 0) is 26.2 Å². The van der Waals surface area contributed by atoms with Gasteiger partial charge in [0.25, 0.3) is 0 Å². The van der Waals surface area contributed by atoms with Crippen molar-refractivity contribution in [3.8, 4) is 0 Å². The molecule has 0 saturated heterocycles. The van der Waals surface area contributed by atoms with Gasteiger partial charge in [-0.3, -0.25) is 13.9 Å². The maximum atomic E-state index is 13.8. The van der Waals surface area contributed by atoms with Crippen LogP contribution in [0, 0.1) is 12.7 Å². The van der Waals surface area contributed by atoms with E-state index in [9.17, 15) is 22.4 Å². The monoisotopic (exact) mass is 477 g/mol. The molecule has 0 radical (unpaired) electrons. The molecule has 0 aromatic heterocycles. The third-order valence-corrected chi connectivity index (χ3v) is 6.21. The van der Waals surface area contributed by atoms with Crippen molar-refractivity contribution in [2.75, 3.05) is 17.1 Å². The highest BCUT2D eigenvalue weighted by Gasteiger charge is 2.32. The third-order valence-electron chi connectivity index (χ3n) is 5.07. The standard InChI is InChI=1S/C24H32FN3O4S/c1-6-22(24(30)26-17(2)3)27(15-19-12-10-18(4)11-13-19)23(29)16-28(33(5,31)32)21-9-7-8-20(25)14-21/h7-14,17,22H,6,15-16H2,1-5H3,(H,26,30)/t22-/m0/s1. The lowest BCUT2D eigenvalue weighted by molar-refractivity contribution is -0.140. The smallest absolute Gasteiger partial charge is 0.244 e. The molecule has 0 unspecified atom stereocenters. The van der Waals surface area contributed by atoms with Crippen LogP contribution >= 0.6 is 0 Å². The van der Waals surface area contributed by atoms with Gasteiger partial charge in [-0.1, -0.05) is 42.8 Å². The summed E-state index contributed by atoms with van der Waals surface area (Å²) in [6.07, 6.45) is 1.30. The molecule has 7 nitrogen and oxygen atoms in total. The second-order valence-electron chi connectivity index (χ2n) is 8.34. The molecule has 0 bridgehead atoms. The number of rotatable bonds is 10. The molecule has 0 heterocycles. The lowest BCUT2D eigenvalue weighted by Crippen LogP contribution is -2.53. The minimum absolute atomic E-state index is 0.0424. The summed E-state index contributed by atoms with van der Waals surface area (Å²) in [6.45, 7) is 6.96. The van der Waals surface area contributed by atoms with Gasteiger partial charge in [0.15, 0.2) is 0 Å². The summed E-state index contributed by atoms with van der Waals surface area (Å²) in [7, 11) is -3.89. The highest BCUT2D eigenvalue weighted by atomic mass is 32.2. The minimum atomic E-state index is -3.89. The summed E-state index contributed by atoms with van der Waals surface area (Å²) in [6, 6.07) is 11.7. The molecule has 2 aromatic carbocycles. The van der Waals surface area contributed by atoms with Gasteiger partial charge in [0.2, 0.25) is 21.8 Å². The van der Waals surface area contributed by atoms with E-state index in [4.69, 9.17) is 0 Å². The number of amides is 2. The number of hydrogen-bond donors (Lipinski definition) is 1. The Hall–Kier alpha value is -2.94. The average molecular weight is 478 g/mol. The van der Waals surface area contributed by atoms with Gasteiger partial charge in [-0.2, -0.15) is 0 Å². The molecule has 9 heteroatoms. The molecule has 0 spiro atoms. The van der Waals surface area contributed by atoms with Gasteiger partial charge in [-0.05, 0) is 51.0 Å². The van der Waals surface area contributed by atoms with Crippen molar-refractivity contribution >= 4 is 27.5 Å². The molecular formula is C24H32FN3O4S. The van der Waals surface area contributed by atoms with E-state index in [1.807, 2.05) is 45.0 Å². The number of aryl methyl sites for hydroxylation is 1. The zero-order valence-corrected chi connectivity index (χ0v) is 20.5. The maximum Gasteiger partial charge on any atom is 0.244 e. The lowest BCUT2D eigenvalue weighted by Gasteiger charge is -2.33. The zero-order chi connectivity index (χ0) is 24.8. The summed E-state index contributed by atoms with van der Waals surface area (Å²) in [4.78, 5) is 27.7. The van der Waals surface area contributed by atoms with Crippen LogP contribution in [0.2, 0.25) is 0 Å². The van der Waals surface area contributed by atoms with Crippen LogP contribution in [0.15, 0.2) is 48.5 Å². The highest BCUT2D eigenvalue weighted by molar-refractivity contribution is 7.92. The summed E-state index contributed by atoms with van der Waals surface area (Å²) >= 11 is 0. The van der Waals surface area contributed by atoms with E-state index in [0.717, 1.165) is 27.8 Å². The molecule has 1 atom stereocenters. The Morgan fingerprint density at radius 2 is 1.73 bits per heavy atom. The van der Waals surface area contributed by atoms with Crippen molar-refractivity contribution in [1.29, 1.82) is 0 Å². The van der Waals surface area contributed by atoms with E-state index in [2.05, 4.69) is 5.32 Å². The SMILES string of the molecule is CC[C@@H](C(=O)NC(C)C)N(Cc1ccc(C)cc1)C(=O)CN(c1cccc(F)c1)S(C)(=O)=O. The Morgan fingerprint density at radius 3 is 2.24 bits per heavy atom. The first-order chi connectivity index (χ1) is 15.4. The van der Waals surface area contributed by atoms with Crippen LogP contribution in [0.5, 0.6) is 0 Å². The van der Waals surface area contributed by atoms with E-state index in [1.165, 1.54) is 23.1 Å². The zero-order valence-electron chi connectivity index (χ0n) is 19.7. The average Bonchev–Trinajstić information content (AvgIpc) is 2.71. The fourth-order valence-electron chi connectivity index (χ4n) is 3.44. The predicted molar refractivity (Wildman–Crippen MR) is 128 cm³/mol. The summed E-state index contributed by atoms with van der Waals surface area (Å²) in [5.41, 5.74) is 1.90. The van der Waals surface area contributed by atoms with Crippen LogP contribution < -0.4 is 9.62 Å². The quantitative estimate of drug-likeness (QED) is 0.569. The molecule has 33 heavy (non-hydrogen) atoms. The first-order valence-corrected chi connectivity index (χ1v) is 12.7. The van der Waals surface area contributed by atoms with Gasteiger partial charge in [0.1, 0.15) is 18.4 Å². The van der Waals surface area contributed by atoms with Gasteiger partial charge >= 0.3 is 0 Å². The van der Waals surface area contributed by atoms with Gasteiger partial charge in [-0.25, -0.2) is 12.8 Å². The van der Waals surface area contributed by atoms with Gasteiger partial charge in [-0.15, -0.1) is 0 Å². The Morgan fingerprint density at radius 1 is 1.09 bits per heavy atom. The number of carbonyl (C=O) groups is 2. The van der Waals surface area contributed by atoms with E-state index >= 15 is 0 Å². The van der Waals surface area contributed by atoms with Gasteiger partial charge < -0.3 is 10.2 Å². The van der Waals surface area contributed by atoms with Crippen LogP contribution in [0.3, 0.4) is 0 Å². The van der Waals surface area contributed by atoms with E-state index in [1.54, 1.807) is 6.92 Å². The van der Waals surface area contributed by atoms with Gasteiger partial charge in [0, 0.05) is 12.6 Å². The molecule has 180 valence electrons. The number of anilines is 1. The number of nitrogens with zero attached hydrogens (tertiary/aromatic N) is 2. The summed E-state index contributed by atoms with van der Waals surface area (Å²) in [5, 5.41) is 2.83. The minimum Gasteiger partial charge on any atom is -0.352 e. The molecule has 0 aliphatic rings. The van der Waals surface area contributed by atoms with Crippen LogP contribution in [0.4, 0.5) is 10.1 Å². The molecule has 0 fully saturated rings. The molecule has 2 amide bonds. The fraction of sp³-hybridized carbons (Fsp3) is 0.417. The van der Waals surface area contributed by atoms with Crippen molar-refractivity contribution in [2.24, 2.45) is 0 Å². The van der Waals surface area contributed by atoms with Crippen LogP contribution in [0.25, 0.3) is 0 Å². The summed E-state index contributed by atoms with van der Waals surface area (Å²) in [5.74, 6) is -1.49. The van der Waals surface area contributed by atoms with E-state index in [-0.39, 0.29) is 24.2 Å². The second-order valence-corrected chi connectivity index (χ2v) is 10.3. The van der Waals surface area contributed by atoms with Crippen LogP contribution in [-0.4, -0.2) is 50.0 Å². The van der Waals surface area contributed by atoms with E-state index in [0.29, 0.717) is 6.42 Å². The Balaban J connectivity index is 2.43. The Labute approximate surface area is 195 Å². The number of hydrogen-bond acceptors (Lipinski definition) is 4. The number of sulfonamides is 1. The molecule has 0 saturated carbocycles.